The largest absolute Gasteiger partial charge is 0.381 e. The van der Waals surface area contributed by atoms with Gasteiger partial charge in [0.1, 0.15) is 0 Å². The van der Waals surface area contributed by atoms with Crippen molar-refractivity contribution in [3.63, 3.8) is 0 Å². The Morgan fingerprint density at radius 2 is 1.88 bits per heavy atom. The lowest BCUT2D eigenvalue weighted by atomic mass is 10.1. The molecule has 0 aliphatic rings. The van der Waals surface area contributed by atoms with Crippen LogP contribution in [-0.2, 0) is 13.0 Å². The Bertz CT molecular complexity index is 401. The molecule has 2 aromatic rings. The third-order valence-electron chi connectivity index (χ3n) is 2.65. The fourth-order valence-corrected chi connectivity index (χ4v) is 1.75. The predicted molar refractivity (Wildman–Crippen MR) is 68.6 cm³/mol. The van der Waals surface area contributed by atoms with E-state index in [1.807, 2.05) is 12.4 Å². The summed E-state index contributed by atoms with van der Waals surface area (Å²) in [5.74, 6) is 0. The number of nitrogens with one attached hydrogen (secondary N) is 2. The molecule has 2 rings (SSSR count). The van der Waals surface area contributed by atoms with Crippen LogP contribution in [0.4, 0.5) is 5.69 Å². The van der Waals surface area contributed by atoms with Crippen molar-refractivity contribution in [3.05, 3.63) is 53.9 Å². The van der Waals surface area contributed by atoms with E-state index in [0.29, 0.717) is 0 Å². The molecule has 0 amide bonds. The standard InChI is InChI=1S/C14H18N2/c1-2-3-12-4-6-14(7-5-12)16-11-13-8-9-15-10-13/h4-10,15-16H,2-3,11H2,1H3. The van der Waals surface area contributed by atoms with Gasteiger partial charge in [0.25, 0.3) is 0 Å². The summed E-state index contributed by atoms with van der Waals surface area (Å²) in [4.78, 5) is 3.05. The number of aryl methyl sites for hydroxylation is 1. The molecule has 0 aliphatic heterocycles. The van der Waals surface area contributed by atoms with Crippen molar-refractivity contribution in [1.82, 2.24) is 4.98 Å². The summed E-state index contributed by atoms with van der Waals surface area (Å²) in [6.07, 6.45) is 6.33. The summed E-state index contributed by atoms with van der Waals surface area (Å²) in [5, 5.41) is 3.40. The highest BCUT2D eigenvalue weighted by atomic mass is 14.9. The second-order valence-electron chi connectivity index (χ2n) is 4.02. The number of aromatic amines is 1. The summed E-state index contributed by atoms with van der Waals surface area (Å²) in [6.45, 7) is 3.08. The molecule has 2 nitrogen and oxygen atoms in total. The normalized spacial score (nSPS) is 10.3. The molecule has 0 fully saturated rings. The molecule has 0 radical (unpaired) electrons. The molecule has 0 spiro atoms. The molecule has 1 heterocycles. The highest BCUT2D eigenvalue weighted by Gasteiger charge is 1.95. The number of rotatable bonds is 5. The van der Waals surface area contributed by atoms with Crippen LogP contribution in [0.3, 0.4) is 0 Å². The molecule has 16 heavy (non-hydrogen) atoms. The van der Waals surface area contributed by atoms with Crippen LogP contribution in [0.5, 0.6) is 0 Å². The number of hydrogen-bond acceptors (Lipinski definition) is 1. The van der Waals surface area contributed by atoms with Crippen LogP contribution in [-0.4, -0.2) is 4.98 Å². The van der Waals surface area contributed by atoms with E-state index < -0.39 is 0 Å². The number of H-pyrrole nitrogens is 1. The summed E-state index contributed by atoms with van der Waals surface area (Å²) >= 11 is 0. The van der Waals surface area contributed by atoms with Gasteiger partial charge < -0.3 is 10.3 Å². The van der Waals surface area contributed by atoms with Gasteiger partial charge in [0.05, 0.1) is 0 Å². The number of benzene rings is 1. The Morgan fingerprint density at radius 3 is 2.50 bits per heavy atom. The molecule has 0 saturated carbocycles. The number of anilines is 1. The van der Waals surface area contributed by atoms with Gasteiger partial charge in [0, 0.05) is 24.6 Å². The third kappa shape index (κ3) is 2.89. The SMILES string of the molecule is CCCc1ccc(NCc2cc[nH]c2)cc1. The van der Waals surface area contributed by atoms with Crippen molar-refractivity contribution in [2.24, 2.45) is 0 Å². The molecule has 2 heteroatoms. The van der Waals surface area contributed by atoms with E-state index >= 15 is 0 Å². The molecule has 0 bridgehead atoms. The summed E-state index contributed by atoms with van der Waals surface area (Å²) in [6, 6.07) is 10.8. The van der Waals surface area contributed by atoms with Gasteiger partial charge in [-0.3, -0.25) is 0 Å². The maximum absolute atomic E-state index is 3.40. The molecular weight excluding hydrogens is 196 g/mol. The Morgan fingerprint density at radius 1 is 1.06 bits per heavy atom. The molecule has 0 unspecified atom stereocenters. The second-order valence-corrected chi connectivity index (χ2v) is 4.02. The molecule has 2 N–H and O–H groups in total. The summed E-state index contributed by atoms with van der Waals surface area (Å²) < 4.78 is 0. The van der Waals surface area contributed by atoms with Crippen molar-refractivity contribution in [2.75, 3.05) is 5.32 Å². The Balaban J connectivity index is 1.90. The van der Waals surface area contributed by atoms with Gasteiger partial charge in [-0.2, -0.15) is 0 Å². The summed E-state index contributed by atoms with van der Waals surface area (Å²) in [7, 11) is 0. The Labute approximate surface area is 96.7 Å². The average molecular weight is 214 g/mol. The van der Waals surface area contributed by atoms with Gasteiger partial charge in [-0.25, -0.2) is 0 Å². The topological polar surface area (TPSA) is 27.8 Å². The maximum Gasteiger partial charge on any atom is 0.0415 e. The Kier molecular flexibility index (Phi) is 3.65. The smallest absolute Gasteiger partial charge is 0.0415 e. The summed E-state index contributed by atoms with van der Waals surface area (Å²) in [5.41, 5.74) is 3.87. The quantitative estimate of drug-likeness (QED) is 0.782. The third-order valence-corrected chi connectivity index (χ3v) is 2.65. The van der Waals surface area contributed by atoms with Crippen molar-refractivity contribution in [1.29, 1.82) is 0 Å². The van der Waals surface area contributed by atoms with Crippen LogP contribution >= 0.6 is 0 Å². The van der Waals surface area contributed by atoms with E-state index in [2.05, 4.69) is 47.6 Å². The first kappa shape index (κ1) is 10.8. The zero-order chi connectivity index (χ0) is 11.2. The molecule has 0 aliphatic carbocycles. The predicted octanol–water partition coefficient (Wildman–Crippen LogP) is 3.58. The lowest BCUT2D eigenvalue weighted by molar-refractivity contribution is 0.922. The molecule has 1 aromatic heterocycles. The van der Waals surface area contributed by atoms with Crippen molar-refractivity contribution < 1.29 is 0 Å². The minimum absolute atomic E-state index is 0.872. The second kappa shape index (κ2) is 5.40. The highest BCUT2D eigenvalue weighted by Crippen LogP contribution is 2.12. The Hall–Kier alpha value is -1.70. The van der Waals surface area contributed by atoms with Crippen molar-refractivity contribution >= 4 is 5.69 Å². The van der Waals surface area contributed by atoms with E-state index in [1.165, 1.54) is 23.2 Å². The lowest BCUT2D eigenvalue weighted by Crippen LogP contribution is -1.98. The number of hydrogen-bond donors (Lipinski definition) is 2. The maximum atomic E-state index is 3.40. The van der Waals surface area contributed by atoms with Gasteiger partial charge in [0.2, 0.25) is 0 Å². The van der Waals surface area contributed by atoms with Crippen LogP contribution in [0.25, 0.3) is 0 Å². The van der Waals surface area contributed by atoms with E-state index in [1.54, 1.807) is 0 Å². The van der Waals surface area contributed by atoms with Crippen LogP contribution in [0.1, 0.15) is 24.5 Å². The monoisotopic (exact) mass is 214 g/mol. The zero-order valence-corrected chi connectivity index (χ0v) is 9.66. The zero-order valence-electron chi connectivity index (χ0n) is 9.66. The van der Waals surface area contributed by atoms with Gasteiger partial charge in [-0.1, -0.05) is 25.5 Å². The minimum Gasteiger partial charge on any atom is -0.381 e. The molecule has 84 valence electrons. The van der Waals surface area contributed by atoms with Crippen LogP contribution < -0.4 is 5.32 Å². The van der Waals surface area contributed by atoms with Gasteiger partial charge in [-0.15, -0.1) is 0 Å². The van der Waals surface area contributed by atoms with Gasteiger partial charge >= 0.3 is 0 Å². The molecule has 0 saturated heterocycles. The van der Waals surface area contributed by atoms with E-state index in [-0.39, 0.29) is 0 Å². The fraction of sp³-hybridized carbons (Fsp3) is 0.286. The number of aromatic nitrogens is 1. The fourth-order valence-electron chi connectivity index (χ4n) is 1.75. The van der Waals surface area contributed by atoms with Crippen LogP contribution in [0.2, 0.25) is 0 Å². The molecular formula is C14H18N2. The molecule has 1 aromatic carbocycles. The minimum atomic E-state index is 0.872. The van der Waals surface area contributed by atoms with E-state index in [0.717, 1.165) is 13.0 Å². The van der Waals surface area contributed by atoms with Gasteiger partial charge in [-0.05, 0) is 35.7 Å². The van der Waals surface area contributed by atoms with Crippen LogP contribution in [0, 0.1) is 0 Å². The first-order valence-electron chi connectivity index (χ1n) is 5.83. The van der Waals surface area contributed by atoms with Gasteiger partial charge in [0.15, 0.2) is 0 Å². The molecule has 0 atom stereocenters. The van der Waals surface area contributed by atoms with E-state index in [9.17, 15) is 0 Å². The highest BCUT2D eigenvalue weighted by molar-refractivity contribution is 5.45. The lowest BCUT2D eigenvalue weighted by Gasteiger charge is -2.06. The average Bonchev–Trinajstić information content (AvgIpc) is 2.82. The first-order chi connectivity index (χ1) is 7.88. The van der Waals surface area contributed by atoms with Crippen LogP contribution in [0.15, 0.2) is 42.7 Å². The van der Waals surface area contributed by atoms with Crippen molar-refractivity contribution in [3.8, 4) is 0 Å². The van der Waals surface area contributed by atoms with E-state index in [4.69, 9.17) is 0 Å². The first-order valence-corrected chi connectivity index (χ1v) is 5.83. The van der Waals surface area contributed by atoms with Crippen molar-refractivity contribution in [2.45, 2.75) is 26.3 Å².